The van der Waals surface area contributed by atoms with Gasteiger partial charge in [0.1, 0.15) is 10.3 Å². The smallest absolute Gasteiger partial charge is 0.274 e. The number of carbonyl (C=O) groups is 2. The number of hydrogen-bond donors (Lipinski definition) is 1. The van der Waals surface area contributed by atoms with Crippen molar-refractivity contribution in [1.29, 1.82) is 0 Å². The Bertz CT molecular complexity index is 1450. The van der Waals surface area contributed by atoms with Gasteiger partial charge in [0, 0.05) is 25.1 Å². The average Bonchev–Trinajstić information content (AvgIpc) is 3.50. The lowest BCUT2D eigenvalue weighted by Crippen LogP contribution is -2.44. The lowest BCUT2D eigenvalue weighted by atomic mass is 10.1. The summed E-state index contributed by atoms with van der Waals surface area (Å²) in [5.41, 5.74) is 1.23. The van der Waals surface area contributed by atoms with Crippen LogP contribution >= 0.6 is 11.3 Å². The van der Waals surface area contributed by atoms with E-state index < -0.39 is 5.91 Å². The van der Waals surface area contributed by atoms with Gasteiger partial charge in [-0.1, -0.05) is 24.3 Å². The molecule has 1 N–H and O–H groups in total. The van der Waals surface area contributed by atoms with Crippen molar-refractivity contribution in [2.45, 2.75) is 25.9 Å². The van der Waals surface area contributed by atoms with Crippen LogP contribution in [0.2, 0.25) is 0 Å². The van der Waals surface area contributed by atoms with E-state index in [-0.39, 0.29) is 34.7 Å². The van der Waals surface area contributed by atoms with Crippen LogP contribution in [0.4, 0.5) is 0 Å². The van der Waals surface area contributed by atoms with Crippen molar-refractivity contribution >= 4 is 44.1 Å². The summed E-state index contributed by atoms with van der Waals surface area (Å²) in [7, 11) is 1.45. The van der Waals surface area contributed by atoms with E-state index >= 15 is 0 Å². The van der Waals surface area contributed by atoms with Gasteiger partial charge in [-0.05, 0) is 31.2 Å². The predicted octanol–water partition coefficient (Wildman–Crippen LogP) is 3.02. The summed E-state index contributed by atoms with van der Waals surface area (Å²) in [5.74, 6) is -0.539. The highest BCUT2D eigenvalue weighted by molar-refractivity contribution is 7.22. The number of ether oxygens (including phenoxy) is 1. The molecule has 1 aromatic carbocycles. The summed E-state index contributed by atoms with van der Waals surface area (Å²) in [4.78, 5) is 45.8. The molecule has 4 heterocycles. The van der Waals surface area contributed by atoms with Crippen LogP contribution in [0, 0.1) is 0 Å². The number of fused-ring (bicyclic) bond motifs is 3. The van der Waals surface area contributed by atoms with Crippen LogP contribution in [0.3, 0.4) is 0 Å². The standard InChI is InChI=1S/C25H24N4O4S/c1-15(30)29(17-10-12-26-13-17)25(32)23-21(33-2)20-22(34-23)18-8-3-4-9-19(18)28(24(20)31)14-16-7-5-6-11-27-16/h3-9,11,17,26H,10,12-14H2,1-2H3. The van der Waals surface area contributed by atoms with Gasteiger partial charge in [0.15, 0.2) is 5.75 Å². The van der Waals surface area contributed by atoms with Crippen molar-refractivity contribution in [3.8, 4) is 5.75 Å². The number of carbonyl (C=O) groups excluding carboxylic acids is 2. The van der Waals surface area contributed by atoms with Crippen LogP contribution in [0.1, 0.15) is 28.7 Å². The number of hydrogen-bond acceptors (Lipinski definition) is 7. The highest BCUT2D eigenvalue weighted by atomic mass is 32.1. The highest BCUT2D eigenvalue weighted by Gasteiger charge is 2.34. The van der Waals surface area contributed by atoms with Gasteiger partial charge in [-0.2, -0.15) is 0 Å². The van der Waals surface area contributed by atoms with Gasteiger partial charge < -0.3 is 14.6 Å². The fourth-order valence-corrected chi connectivity index (χ4v) is 5.86. The molecule has 0 saturated carbocycles. The number of para-hydroxylation sites is 1. The van der Waals surface area contributed by atoms with Crippen LogP contribution in [-0.4, -0.2) is 52.5 Å². The molecule has 1 aliphatic rings. The number of imide groups is 1. The number of nitrogens with one attached hydrogen (secondary N) is 1. The van der Waals surface area contributed by atoms with E-state index in [4.69, 9.17) is 4.74 Å². The lowest BCUT2D eigenvalue weighted by Gasteiger charge is -2.25. The summed E-state index contributed by atoms with van der Waals surface area (Å²) >= 11 is 1.20. The third kappa shape index (κ3) is 3.66. The third-order valence-corrected chi connectivity index (χ3v) is 7.36. The van der Waals surface area contributed by atoms with Gasteiger partial charge in [0.2, 0.25) is 5.91 Å². The molecule has 2 amide bonds. The molecule has 0 bridgehead atoms. The maximum absolute atomic E-state index is 13.8. The molecule has 0 aliphatic carbocycles. The Hall–Kier alpha value is -3.56. The Morgan fingerprint density at radius 3 is 2.71 bits per heavy atom. The Balaban J connectivity index is 1.74. The van der Waals surface area contributed by atoms with Crippen molar-refractivity contribution < 1.29 is 14.3 Å². The largest absolute Gasteiger partial charge is 0.494 e. The minimum absolute atomic E-state index is 0.215. The quantitative estimate of drug-likeness (QED) is 0.476. The van der Waals surface area contributed by atoms with Crippen molar-refractivity contribution in [2.75, 3.05) is 20.2 Å². The van der Waals surface area contributed by atoms with E-state index in [2.05, 4.69) is 10.3 Å². The number of amides is 2. The molecular formula is C25H24N4O4S. The molecule has 5 rings (SSSR count). The minimum Gasteiger partial charge on any atom is -0.494 e. The molecule has 0 radical (unpaired) electrons. The maximum atomic E-state index is 13.8. The lowest BCUT2D eigenvalue weighted by molar-refractivity contribution is -0.127. The Kier molecular flexibility index (Phi) is 5.89. The monoisotopic (exact) mass is 476 g/mol. The topological polar surface area (TPSA) is 93.5 Å². The van der Waals surface area contributed by atoms with Crippen molar-refractivity contribution in [3.63, 3.8) is 0 Å². The number of benzene rings is 1. The van der Waals surface area contributed by atoms with Crippen LogP contribution in [0.15, 0.2) is 53.5 Å². The summed E-state index contributed by atoms with van der Waals surface area (Å²) in [6, 6.07) is 12.9. The highest BCUT2D eigenvalue weighted by Crippen LogP contribution is 2.40. The van der Waals surface area contributed by atoms with Gasteiger partial charge in [-0.3, -0.25) is 24.3 Å². The third-order valence-electron chi connectivity index (χ3n) is 6.17. The van der Waals surface area contributed by atoms with Gasteiger partial charge in [-0.25, -0.2) is 0 Å². The zero-order valence-electron chi connectivity index (χ0n) is 18.9. The second kappa shape index (κ2) is 9.00. The molecule has 1 atom stereocenters. The summed E-state index contributed by atoms with van der Waals surface area (Å²) < 4.78 is 7.99. The summed E-state index contributed by atoms with van der Waals surface area (Å²) in [6.07, 6.45) is 2.38. The number of pyridine rings is 2. The fraction of sp³-hybridized carbons (Fsp3) is 0.280. The minimum atomic E-state index is -0.431. The Morgan fingerprint density at radius 2 is 2.03 bits per heavy atom. The number of rotatable bonds is 5. The number of methoxy groups -OCH3 is 1. The van der Waals surface area contributed by atoms with E-state index in [1.54, 1.807) is 10.8 Å². The van der Waals surface area contributed by atoms with E-state index in [0.717, 1.165) is 23.1 Å². The number of aromatic nitrogens is 2. The molecule has 8 nitrogen and oxygen atoms in total. The fourth-order valence-electron chi connectivity index (χ4n) is 4.63. The molecule has 0 spiro atoms. The van der Waals surface area contributed by atoms with E-state index in [1.165, 1.54) is 30.3 Å². The van der Waals surface area contributed by atoms with Crippen LogP contribution in [0.5, 0.6) is 5.75 Å². The molecule has 1 unspecified atom stereocenters. The molecule has 174 valence electrons. The van der Waals surface area contributed by atoms with Crippen LogP contribution in [-0.2, 0) is 11.3 Å². The first-order chi connectivity index (χ1) is 16.5. The molecule has 1 saturated heterocycles. The maximum Gasteiger partial charge on any atom is 0.274 e. The predicted molar refractivity (Wildman–Crippen MR) is 132 cm³/mol. The van der Waals surface area contributed by atoms with Crippen molar-refractivity contribution in [1.82, 2.24) is 19.8 Å². The summed E-state index contributed by atoms with van der Waals surface area (Å²) in [6.45, 7) is 2.98. The molecule has 34 heavy (non-hydrogen) atoms. The summed E-state index contributed by atoms with van der Waals surface area (Å²) in [5, 5.41) is 4.39. The number of nitrogens with zero attached hydrogens (tertiary/aromatic N) is 3. The van der Waals surface area contributed by atoms with Crippen molar-refractivity contribution in [2.24, 2.45) is 0 Å². The molecule has 9 heteroatoms. The van der Waals surface area contributed by atoms with Gasteiger partial charge in [0.25, 0.3) is 11.5 Å². The number of thiophene rings is 1. The molecule has 4 aromatic rings. The zero-order chi connectivity index (χ0) is 23.8. The first-order valence-electron chi connectivity index (χ1n) is 11.1. The van der Waals surface area contributed by atoms with Gasteiger partial charge >= 0.3 is 0 Å². The van der Waals surface area contributed by atoms with Gasteiger partial charge in [0.05, 0.1) is 35.6 Å². The molecule has 1 fully saturated rings. The second-order valence-corrected chi connectivity index (χ2v) is 9.26. The van der Waals surface area contributed by atoms with E-state index in [0.29, 0.717) is 23.1 Å². The van der Waals surface area contributed by atoms with E-state index in [1.807, 2.05) is 42.5 Å². The molecular weight excluding hydrogens is 452 g/mol. The zero-order valence-corrected chi connectivity index (χ0v) is 19.7. The average molecular weight is 477 g/mol. The SMILES string of the molecule is COc1c(C(=O)N(C(C)=O)C2CCNC2)sc2c1c(=O)n(Cc1ccccn1)c1ccccc21. The Labute approximate surface area is 199 Å². The molecule has 1 aliphatic heterocycles. The van der Waals surface area contributed by atoms with Crippen LogP contribution in [0.25, 0.3) is 21.0 Å². The Morgan fingerprint density at radius 1 is 1.24 bits per heavy atom. The first kappa shape index (κ1) is 22.2. The van der Waals surface area contributed by atoms with Crippen LogP contribution < -0.4 is 15.6 Å². The second-order valence-electron chi connectivity index (χ2n) is 8.24. The first-order valence-corrected chi connectivity index (χ1v) is 11.9. The van der Waals surface area contributed by atoms with Crippen molar-refractivity contribution in [3.05, 3.63) is 69.6 Å². The molecule has 3 aromatic heterocycles. The van der Waals surface area contributed by atoms with Gasteiger partial charge in [-0.15, -0.1) is 11.3 Å². The van der Waals surface area contributed by atoms with E-state index in [9.17, 15) is 14.4 Å². The normalized spacial score (nSPS) is 15.6.